The van der Waals surface area contributed by atoms with Gasteiger partial charge in [0, 0.05) is 48.8 Å². The lowest BCUT2D eigenvalue weighted by molar-refractivity contribution is 0.0694. The van der Waals surface area contributed by atoms with Crippen LogP contribution < -0.4 is 20.2 Å². The maximum absolute atomic E-state index is 13.6. The molecule has 1 amide bonds. The van der Waals surface area contributed by atoms with Crippen LogP contribution in [0, 0.1) is 12.7 Å². The molecule has 11 heteroatoms. The van der Waals surface area contributed by atoms with Crippen LogP contribution in [0.2, 0.25) is 0 Å². The van der Waals surface area contributed by atoms with Gasteiger partial charge < -0.3 is 18.8 Å². The molecule has 3 aromatic heterocycles. The molecule has 1 saturated heterocycles. The number of aromatic nitrogens is 4. The van der Waals surface area contributed by atoms with E-state index in [0.717, 1.165) is 29.3 Å². The Bertz CT molecular complexity index is 1850. The first-order chi connectivity index (χ1) is 20.9. The Morgan fingerprint density at radius 1 is 1.02 bits per heavy atom. The quantitative estimate of drug-likeness (QED) is 0.260. The number of nitrogens with zero attached hydrogens (tertiary/aromatic N) is 4. The van der Waals surface area contributed by atoms with Crippen molar-refractivity contribution in [1.82, 2.24) is 19.5 Å². The Morgan fingerprint density at radius 3 is 2.49 bits per heavy atom. The molecule has 0 spiro atoms. The number of anilines is 1. The first kappa shape index (κ1) is 28.0. The van der Waals surface area contributed by atoms with Gasteiger partial charge in [-0.2, -0.15) is 0 Å². The number of ether oxygens (including phenoxy) is 3. The third kappa shape index (κ3) is 5.93. The maximum atomic E-state index is 13.6. The molecule has 6 rings (SSSR count). The van der Waals surface area contributed by atoms with Crippen molar-refractivity contribution < 1.29 is 23.4 Å². The van der Waals surface area contributed by atoms with E-state index in [1.54, 1.807) is 31.8 Å². The fraction of sp³-hybridized carbons (Fsp3) is 0.219. The lowest BCUT2D eigenvalue weighted by atomic mass is 10.0. The zero-order valence-corrected chi connectivity index (χ0v) is 23.5. The Labute approximate surface area is 246 Å². The summed E-state index contributed by atoms with van der Waals surface area (Å²) in [5, 5.41) is 3.37. The zero-order chi connectivity index (χ0) is 29.9. The minimum atomic E-state index is -0.661. The second kappa shape index (κ2) is 12.0. The molecule has 0 atom stereocenters. The fourth-order valence-corrected chi connectivity index (χ4v) is 5.08. The molecule has 0 aliphatic carbocycles. The molecule has 0 radical (unpaired) electrons. The highest BCUT2D eigenvalue weighted by molar-refractivity contribution is 6.03. The number of amides is 1. The van der Waals surface area contributed by atoms with E-state index in [2.05, 4.69) is 20.3 Å². The zero-order valence-electron chi connectivity index (χ0n) is 23.5. The molecule has 1 aliphatic heterocycles. The van der Waals surface area contributed by atoms with Crippen molar-refractivity contribution in [1.29, 1.82) is 0 Å². The monoisotopic (exact) mass is 581 g/mol. The van der Waals surface area contributed by atoms with Crippen molar-refractivity contribution in [2.75, 3.05) is 25.6 Å². The van der Waals surface area contributed by atoms with E-state index >= 15 is 0 Å². The Balaban J connectivity index is 1.26. The second-order valence-electron chi connectivity index (χ2n) is 10.2. The minimum Gasteiger partial charge on any atom is -0.496 e. The average Bonchev–Trinajstić information content (AvgIpc) is 3.03. The highest BCUT2D eigenvalue weighted by atomic mass is 19.1. The molecule has 43 heavy (non-hydrogen) atoms. The third-order valence-electron chi connectivity index (χ3n) is 7.36. The van der Waals surface area contributed by atoms with E-state index < -0.39 is 17.2 Å². The number of carbonyl (C=O) groups excluding carboxylic acids is 1. The fourth-order valence-electron chi connectivity index (χ4n) is 5.08. The molecule has 10 nitrogen and oxygen atoms in total. The average molecular weight is 582 g/mol. The van der Waals surface area contributed by atoms with Gasteiger partial charge in [0.2, 0.25) is 11.4 Å². The van der Waals surface area contributed by atoms with Gasteiger partial charge in [0.05, 0.1) is 25.0 Å². The molecule has 1 fully saturated rings. The lowest BCUT2D eigenvalue weighted by Gasteiger charge is -2.26. The molecule has 5 aromatic rings. The Hall–Kier alpha value is -5.16. The topological polar surface area (TPSA) is 117 Å². The van der Waals surface area contributed by atoms with Crippen molar-refractivity contribution in [3.63, 3.8) is 0 Å². The van der Waals surface area contributed by atoms with Crippen LogP contribution in [-0.2, 0) is 4.74 Å². The minimum absolute atomic E-state index is 0.00145. The highest BCUT2D eigenvalue weighted by Crippen LogP contribution is 2.33. The summed E-state index contributed by atoms with van der Waals surface area (Å²) in [6.07, 6.45) is 9.22. The van der Waals surface area contributed by atoms with Crippen molar-refractivity contribution >= 4 is 22.8 Å². The molecule has 1 aliphatic rings. The number of benzene rings is 2. The van der Waals surface area contributed by atoms with Crippen LogP contribution in [0.25, 0.3) is 22.0 Å². The molecule has 2 aromatic carbocycles. The summed E-state index contributed by atoms with van der Waals surface area (Å²) in [5.41, 5.74) is 1.93. The van der Waals surface area contributed by atoms with Gasteiger partial charge in [-0.05, 0) is 61.2 Å². The Kier molecular flexibility index (Phi) is 7.80. The number of fused-ring (bicyclic) bond motifs is 1. The molecule has 1 N–H and O–H groups in total. The number of rotatable bonds is 7. The van der Waals surface area contributed by atoms with E-state index in [1.807, 2.05) is 23.6 Å². The number of hydrogen-bond acceptors (Lipinski definition) is 8. The van der Waals surface area contributed by atoms with Crippen molar-refractivity contribution in [3.8, 4) is 28.4 Å². The maximum Gasteiger partial charge on any atom is 0.263 e. The molecule has 4 heterocycles. The van der Waals surface area contributed by atoms with Crippen LogP contribution in [0.15, 0.2) is 78.2 Å². The highest BCUT2D eigenvalue weighted by Gasteiger charge is 2.22. The van der Waals surface area contributed by atoms with Crippen LogP contribution in [0.3, 0.4) is 0 Å². The molecular weight excluding hydrogens is 553 g/mol. The van der Waals surface area contributed by atoms with E-state index in [9.17, 15) is 14.0 Å². The van der Waals surface area contributed by atoms with E-state index in [-0.39, 0.29) is 17.6 Å². The number of halogens is 1. The molecule has 218 valence electrons. The van der Waals surface area contributed by atoms with Gasteiger partial charge in [-0.15, -0.1) is 0 Å². The number of nitrogens with one attached hydrogen (secondary N) is 1. The van der Waals surface area contributed by atoms with E-state index in [1.165, 1.54) is 36.7 Å². The standard InChI is InChI=1S/C32H28FN5O5/c1-19-13-27-24(14-29(19)41-2)28(7-10-34-27)43-23-15-35-32(36-16-23)37-31(40)26-18-38(22-8-11-42-12-9-22)17-25(30(26)39)20-3-5-21(33)6-4-20/h3-7,10,13-18,22H,8-9,11-12H2,1-2H3,(H,35,36,37,40). The summed E-state index contributed by atoms with van der Waals surface area (Å²) < 4.78 is 32.4. The van der Waals surface area contributed by atoms with Gasteiger partial charge in [-0.1, -0.05) is 12.1 Å². The summed E-state index contributed by atoms with van der Waals surface area (Å²) in [4.78, 5) is 39.7. The van der Waals surface area contributed by atoms with Crippen LogP contribution in [0.1, 0.15) is 34.8 Å². The molecule has 0 unspecified atom stereocenters. The van der Waals surface area contributed by atoms with Gasteiger partial charge in [0.25, 0.3) is 5.91 Å². The van der Waals surface area contributed by atoms with Gasteiger partial charge in [0.1, 0.15) is 22.9 Å². The number of carbonyl (C=O) groups is 1. The summed E-state index contributed by atoms with van der Waals surface area (Å²) in [7, 11) is 1.60. The number of methoxy groups -OCH3 is 1. The van der Waals surface area contributed by atoms with Crippen LogP contribution in [0.4, 0.5) is 10.3 Å². The van der Waals surface area contributed by atoms with Gasteiger partial charge in [-0.25, -0.2) is 14.4 Å². The van der Waals surface area contributed by atoms with E-state index in [4.69, 9.17) is 14.2 Å². The SMILES string of the molecule is COc1cc2c(Oc3cnc(NC(=O)c4cn(C5CCOCC5)cc(-c5ccc(F)cc5)c4=O)nc3)ccnc2cc1C. The van der Waals surface area contributed by atoms with Crippen LogP contribution >= 0.6 is 0 Å². The lowest BCUT2D eigenvalue weighted by Crippen LogP contribution is -2.27. The van der Waals surface area contributed by atoms with Crippen LogP contribution in [0.5, 0.6) is 17.2 Å². The first-order valence-corrected chi connectivity index (χ1v) is 13.7. The number of pyridine rings is 2. The van der Waals surface area contributed by atoms with Crippen molar-refractivity contribution in [2.24, 2.45) is 0 Å². The normalized spacial score (nSPS) is 13.6. The summed E-state index contributed by atoms with van der Waals surface area (Å²) >= 11 is 0. The molecular formula is C32H28FN5O5. The van der Waals surface area contributed by atoms with Crippen LogP contribution in [-0.4, -0.2) is 45.7 Å². The molecule has 0 saturated carbocycles. The Morgan fingerprint density at radius 2 is 1.77 bits per heavy atom. The summed E-state index contributed by atoms with van der Waals surface area (Å²) in [5.74, 6) is 0.502. The largest absolute Gasteiger partial charge is 0.496 e. The third-order valence-corrected chi connectivity index (χ3v) is 7.36. The number of aryl methyl sites for hydroxylation is 1. The predicted molar refractivity (Wildman–Crippen MR) is 158 cm³/mol. The van der Waals surface area contributed by atoms with Gasteiger partial charge in [-0.3, -0.25) is 19.9 Å². The van der Waals surface area contributed by atoms with E-state index in [0.29, 0.717) is 41.6 Å². The molecule has 0 bridgehead atoms. The smallest absolute Gasteiger partial charge is 0.263 e. The number of hydrogen-bond donors (Lipinski definition) is 1. The first-order valence-electron chi connectivity index (χ1n) is 13.7. The van der Waals surface area contributed by atoms with Crippen molar-refractivity contribution in [2.45, 2.75) is 25.8 Å². The second-order valence-corrected chi connectivity index (χ2v) is 10.2. The summed E-state index contributed by atoms with van der Waals surface area (Å²) in [6.45, 7) is 3.09. The summed E-state index contributed by atoms with van der Waals surface area (Å²) in [6, 6.07) is 11.1. The van der Waals surface area contributed by atoms with Crippen molar-refractivity contribution in [3.05, 3.63) is 101 Å². The van der Waals surface area contributed by atoms with Gasteiger partial charge >= 0.3 is 0 Å². The van der Waals surface area contributed by atoms with Gasteiger partial charge in [0.15, 0.2) is 5.75 Å². The predicted octanol–water partition coefficient (Wildman–Crippen LogP) is 5.71.